The number of benzene rings is 7. The van der Waals surface area contributed by atoms with E-state index in [1.807, 2.05) is 72.8 Å². The van der Waals surface area contributed by atoms with Crippen molar-refractivity contribution in [3.8, 4) is 45.4 Å². The van der Waals surface area contributed by atoms with Crippen LogP contribution in [0.4, 0.5) is 0 Å². The van der Waals surface area contributed by atoms with Crippen LogP contribution < -0.4 is 0 Å². The Bertz CT molecular complexity index is 2760. The lowest BCUT2D eigenvalue weighted by atomic mass is 9.98. The average molecular weight is 616 g/mol. The van der Waals surface area contributed by atoms with E-state index in [4.69, 9.17) is 23.8 Å². The van der Waals surface area contributed by atoms with Crippen molar-refractivity contribution in [3.05, 3.63) is 152 Å². The molecule has 10 rings (SSSR count). The number of rotatable bonds is 4. The number of hydrogen-bond donors (Lipinski definition) is 0. The maximum Gasteiger partial charge on any atom is 0.227 e. The van der Waals surface area contributed by atoms with Crippen LogP contribution in [-0.4, -0.2) is 15.0 Å². The minimum Gasteiger partial charge on any atom is -0.454 e. The van der Waals surface area contributed by atoms with Gasteiger partial charge in [0.15, 0.2) is 22.5 Å². The minimum atomic E-state index is 0.583. The molecule has 0 bridgehead atoms. The van der Waals surface area contributed by atoms with Crippen molar-refractivity contribution < 1.29 is 8.83 Å². The zero-order chi connectivity index (χ0) is 31.6. The smallest absolute Gasteiger partial charge is 0.227 e. The van der Waals surface area contributed by atoms with Crippen LogP contribution in [0, 0.1) is 0 Å². The van der Waals surface area contributed by atoms with Crippen LogP contribution in [0.15, 0.2) is 160 Å². The summed E-state index contributed by atoms with van der Waals surface area (Å²) in [7, 11) is 0. The quantitative estimate of drug-likeness (QED) is 0.184. The van der Waals surface area contributed by atoms with Gasteiger partial charge in [0.1, 0.15) is 5.58 Å². The molecule has 0 aliphatic carbocycles. The summed E-state index contributed by atoms with van der Waals surface area (Å²) in [6, 6.07) is 51.8. The highest BCUT2D eigenvalue weighted by molar-refractivity contribution is 6.19. The van der Waals surface area contributed by atoms with Crippen molar-refractivity contribution >= 4 is 54.6 Å². The average Bonchev–Trinajstić information content (AvgIpc) is 3.76. The van der Waals surface area contributed by atoms with E-state index in [9.17, 15) is 0 Å². The molecule has 0 radical (unpaired) electrons. The Balaban J connectivity index is 1.12. The van der Waals surface area contributed by atoms with Crippen molar-refractivity contribution in [2.75, 3.05) is 0 Å². The maximum absolute atomic E-state index is 6.47. The Morgan fingerprint density at radius 2 is 1.00 bits per heavy atom. The van der Waals surface area contributed by atoms with Gasteiger partial charge in [-0.1, -0.05) is 103 Å². The van der Waals surface area contributed by atoms with Gasteiger partial charge in [0, 0.05) is 33.0 Å². The van der Waals surface area contributed by atoms with Crippen LogP contribution in [0.5, 0.6) is 0 Å². The molecule has 5 nitrogen and oxygen atoms in total. The fourth-order valence-electron chi connectivity index (χ4n) is 6.72. The highest BCUT2D eigenvalue weighted by Gasteiger charge is 2.18. The molecular formula is C43H25N3O2. The van der Waals surface area contributed by atoms with E-state index in [0.717, 1.165) is 82.6 Å². The van der Waals surface area contributed by atoms with E-state index in [1.54, 1.807) is 0 Å². The summed E-state index contributed by atoms with van der Waals surface area (Å²) in [4.78, 5) is 14.9. The Morgan fingerprint density at radius 3 is 1.69 bits per heavy atom. The normalized spacial score (nSPS) is 11.8. The molecule has 0 unspecified atom stereocenters. The van der Waals surface area contributed by atoms with Crippen LogP contribution in [0.2, 0.25) is 0 Å². The van der Waals surface area contributed by atoms with Crippen LogP contribution in [-0.2, 0) is 0 Å². The molecule has 0 atom stereocenters. The van der Waals surface area contributed by atoms with Gasteiger partial charge in [0.05, 0.1) is 11.4 Å². The summed E-state index contributed by atoms with van der Waals surface area (Å²) >= 11 is 0. The van der Waals surface area contributed by atoms with E-state index < -0.39 is 0 Å². The molecule has 0 saturated carbocycles. The highest BCUT2D eigenvalue weighted by Crippen LogP contribution is 2.39. The van der Waals surface area contributed by atoms with Crippen LogP contribution in [0.3, 0.4) is 0 Å². The predicted octanol–water partition coefficient (Wildman–Crippen LogP) is 11.5. The number of aromatic nitrogens is 3. The number of furan rings is 1. The molecule has 5 heteroatoms. The Morgan fingerprint density at radius 1 is 0.375 bits per heavy atom. The number of nitrogens with zero attached hydrogens (tertiary/aromatic N) is 3. The van der Waals surface area contributed by atoms with Gasteiger partial charge < -0.3 is 8.83 Å². The molecular weight excluding hydrogens is 590 g/mol. The van der Waals surface area contributed by atoms with E-state index in [-0.39, 0.29) is 0 Å². The maximum atomic E-state index is 6.47. The lowest BCUT2D eigenvalue weighted by Crippen LogP contribution is -1.96. The lowest BCUT2D eigenvalue weighted by Gasteiger charge is -2.11. The summed E-state index contributed by atoms with van der Waals surface area (Å²) in [5.74, 6) is 1.28. The Hall–Kier alpha value is -6.59. The molecule has 0 aliphatic heterocycles. The first-order chi connectivity index (χ1) is 23.7. The summed E-state index contributed by atoms with van der Waals surface area (Å²) in [6.45, 7) is 0. The summed E-state index contributed by atoms with van der Waals surface area (Å²) < 4.78 is 12.6. The van der Waals surface area contributed by atoms with Gasteiger partial charge in [-0.05, 0) is 70.1 Å². The van der Waals surface area contributed by atoms with Crippen LogP contribution >= 0.6 is 0 Å². The van der Waals surface area contributed by atoms with Gasteiger partial charge in [0.2, 0.25) is 5.89 Å². The van der Waals surface area contributed by atoms with Gasteiger partial charge in [0.25, 0.3) is 0 Å². The fourth-order valence-corrected chi connectivity index (χ4v) is 6.72. The van der Waals surface area contributed by atoms with Crippen molar-refractivity contribution in [3.63, 3.8) is 0 Å². The molecule has 0 amide bonds. The summed E-state index contributed by atoms with van der Waals surface area (Å²) in [6.07, 6.45) is 0. The molecule has 48 heavy (non-hydrogen) atoms. The van der Waals surface area contributed by atoms with Gasteiger partial charge in [-0.3, -0.25) is 0 Å². The van der Waals surface area contributed by atoms with Gasteiger partial charge in [-0.15, -0.1) is 0 Å². The first kappa shape index (κ1) is 26.6. The van der Waals surface area contributed by atoms with E-state index in [1.165, 1.54) is 0 Å². The van der Waals surface area contributed by atoms with Gasteiger partial charge >= 0.3 is 0 Å². The zero-order valence-electron chi connectivity index (χ0n) is 25.6. The molecule has 0 aliphatic rings. The van der Waals surface area contributed by atoms with Gasteiger partial charge in [-0.2, -0.15) is 0 Å². The first-order valence-electron chi connectivity index (χ1n) is 15.9. The molecule has 3 aromatic heterocycles. The molecule has 224 valence electrons. The SMILES string of the molecule is c1ccc(-c2cc(-c3ccccc3)nc(-c3ccc4c(ccc5cc6oc7c(ccc8oc(-c9ccccc9)nc87)c6cc54)c3)n2)cc1. The second-order valence-corrected chi connectivity index (χ2v) is 12.0. The second-order valence-electron chi connectivity index (χ2n) is 12.0. The largest absolute Gasteiger partial charge is 0.454 e. The standard InChI is InChI=1S/C43H25N3O2/c1-4-10-26(11-5-1)36-25-37(27-12-6-2-7-13-27)45-42(44-36)31-18-19-32-29(22-31)16-17-30-23-39-35(24-34(30)32)33-20-21-38-40(41(33)47-39)46-43(48-38)28-14-8-3-9-15-28/h1-25H. The van der Waals surface area contributed by atoms with Crippen molar-refractivity contribution in [2.24, 2.45) is 0 Å². The molecule has 0 saturated heterocycles. The first-order valence-corrected chi connectivity index (χ1v) is 15.9. The Labute approximate surface area is 274 Å². The highest BCUT2D eigenvalue weighted by atomic mass is 16.4. The van der Waals surface area contributed by atoms with Crippen LogP contribution in [0.25, 0.3) is 99.9 Å². The zero-order valence-corrected chi connectivity index (χ0v) is 25.6. The van der Waals surface area contributed by atoms with Gasteiger partial charge in [-0.25, -0.2) is 15.0 Å². The van der Waals surface area contributed by atoms with Crippen molar-refractivity contribution in [1.29, 1.82) is 0 Å². The topological polar surface area (TPSA) is 65.0 Å². The summed E-state index contributed by atoms with van der Waals surface area (Å²) in [5, 5.41) is 6.60. The van der Waals surface area contributed by atoms with Crippen molar-refractivity contribution in [1.82, 2.24) is 15.0 Å². The molecule has 3 heterocycles. The third-order valence-electron chi connectivity index (χ3n) is 9.10. The Kier molecular flexibility index (Phi) is 5.81. The molecule has 10 aromatic rings. The van der Waals surface area contributed by atoms with Crippen molar-refractivity contribution in [2.45, 2.75) is 0 Å². The van der Waals surface area contributed by atoms with E-state index in [0.29, 0.717) is 17.3 Å². The van der Waals surface area contributed by atoms with E-state index in [2.05, 4.69) is 78.9 Å². The third-order valence-corrected chi connectivity index (χ3v) is 9.10. The lowest BCUT2D eigenvalue weighted by molar-refractivity contribution is 0.620. The number of fused-ring (bicyclic) bond motifs is 8. The molecule has 0 N–H and O–H groups in total. The number of hydrogen-bond acceptors (Lipinski definition) is 5. The molecule has 0 fully saturated rings. The minimum absolute atomic E-state index is 0.583. The summed E-state index contributed by atoms with van der Waals surface area (Å²) in [5.41, 5.74) is 8.79. The monoisotopic (exact) mass is 615 g/mol. The fraction of sp³-hybridized carbons (Fsp3) is 0. The van der Waals surface area contributed by atoms with Crippen LogP contribution in [0.1, 0.15) is 0 Å². The second kappa shape index (κ2) is 10.5. The predicted molar refractivity (Wildman–Crippen MR) is 194 cm³/mol. The third kappa shape index (κ3) is 4.29. The van der Waals surface area contributed by atoms with E-state index >= 15 is 0 Å². The number of oxazole rings is 1. The molecule has 0 spiro atoms. The molecule has 7 aromatic carbocycles.